The van der Waals surface area contributed by atoms with Crippen LogP contribution in [0.5, 0.6) is 0 Å². The van der Waals surface area contributed by atoms with Crippen LogP contribution >= 0.6 is 30.8 Å². The van der Waals surface area contributed by atoms with Crippen LogP contribution in [0.4, 0.5) is 11.5 Å². The van der Waals surface area contributed by atoms with E-state index in [0.717, 1.165) is 12.1 Å². The zero-order valence-electron chi connectivity index (χ0n) is 20.1. The minimum atomic E-state index is -4.81. The van der Waals surface area contributed by atoms with Crippen LogP contribution in [0.3, 0.4) is 0 Å². The normalized spacial score (nSPS) is 15.2. The molecular weight excluding hydrogens is 608 g/mol. The molecule has 5 rings (SSSR count). The third kappa shape index (κ3) is 6.21. The summed E-state index contributed by atoms with van der Waals surface area (Å²) in [6, 6.07) is 13.6. The van der Waals surface area contributed by atoms with Gasteiger partial charge in [0.1, 0.15) is 17.8 Å². The Bertz CT molecular complexity index is 1650. The number of sulfonamides is 1. The van der Waals surface area contributed by atoms with Crippen LogP contribution in [0, 0.1) is 0 Å². The second kappa shape index (κ2) is 10.9. The minimum Gasteiger partial charge on any atom is -0.616 e. The summed E-state index contributed by atoms with van der Waals surface area (Å²) in [6.45, 7) is 1.29. The Kier molecular flexibility index (Phi) is 7.88. The third-order valence-electron chi connectivity index (χ3n) is 6.08. The van der Waals surface area contributed by atoms with Crippen molar-refractivity contribution in [3.05, 3.63) is 70.8 Å². The number of benzene rings is 2. The van der Waals surface area contributed by atoms with E-state index in [1.165, 1.54) is 18.2 Å². The predicted molar refractivity (Wildman–Crippen MR) is 152 cm³/mol. The topological polar surface area (TPSA) is 152 Å². The maximum Gasteiger partial charge on any atom is 0.345 e. The molecular formula is C23H22Cl2N5O6PS2. The maximum atomic E-state index is 13.5. The Balaban J connectivity index is 1.49. The van der Waals surface area contributed by atoms with Crippen molar-refractivity contribution in [1.82, 2.24) is 14.8 Å². The van der Waals surface area contributed by atoms with Crippen molar-refractivity contribution < 1.29 is 27.3 Å². The molecule has 0 aliphatic carbocycles. The van der Waals surface area contributed by atoms with Crippen LogP contribution in [0.25, 0.3) is 16.7 Å². The molecule has 2 aromatic heterocycles. The summed E-state index contributed by atoms with van der Waals surface area (Å²) in [5.41, 5.74) is 0.720. The van der Waals surface area contributed by atoms with Crippen LogP contribution in [0.15, 0.2) is 65.7 Å². The largest absolute Gasteiger partial charge is 0.616 e. The number of aromatic nitrogens is 3. The van der Waals surface area contributed by atoms with Crippen molar-refractivity contribution in [2.75, 3.05) is 40.1 Å². The van der Waals surface area contributed by atoms with E-state index in [2.05, 4.69) is 10.2 Å². The minimum absolute atomic E-state index is 0.0450. The molecule has 1 saturated heterocycles. The molecule has 1 fully saturated rings. The van der Waals surface area contributed by atoms with Crippen molar-refractivity contribution >= 4 is 74.4 Å². The van der Waals surface area contributed by atoms with Gasteiger partial charge in [-0.05, 0) is 54.6 Å². The van der Waals surface area contributed by atoms with Crippen LogP contribution in [-0.2, 0) is 25.8 Å². The monoisotopic (exact) mass is 629 g/mol. The molecule has 16 heteroatoms. The van der Waals surface area contributed by atoms with Gasteiger partial charge in [0.25, 0.3) is 10.0 Å². The van der Waals surface area contributed by atoms with Crippen molar-refractivity contribution in [2.24, 2.45) is 0 Å². The highest BCUT2D eigenvalue weighted by Crippen LogP contribution is 2.40. The summed E-state index contributed by atoms with van der Waals surface area (Å²) in [6.07, 6.45) is 0.656. The molecule has 1 aliphatic rings. The molecule has 2 aromatic carbocycles. The van der Waals surface area contributed by atoms with E-state index in [1.54, 1.807) is 29.0 Å². The zero-order chi connectivity index (χ0) is 27.9. The molecule has 0 bridgehead atoms. The fourth-order valence-corrected chi connectivity index (χ4v) is 8.70. The van der Waals surface area contributed by atoms with Gasteiger partial charge in [-0.3, -0.25) is 13.4 Å². The Morgan fingerprint density at radius 3 is 2.23 bits per heavy atom. The molecule has 3 heterocycles. The van der Waals surface area contributed by atoms with Gasteiger partial charge in [0.2, 0.25) is 0 Å². The van der Waals surface area contributed by atoms with Crippen molar-refractivity contribution in [1.29, 1.82) is 0 Å². The lowest BCUT2D eigenvalue weighted by molar-refractivity contribution is 0.373. The average molecular weight is 630 g/mol. The van der Waals surface area contributed by atoms with E-state index < -0.39 is 35.1 Å². The molecule has 0 atom stereocenters. The van der Waals surface area contributed by atoms with Gasteiger partial charge in [-0.25, -0.2) is 8.42 Å². The summed E-state index contributed by atoms with van der Waals surface area (Å²) in [4.78, 5) is 21.1. The summed E-state index contributed by atoms with van der Waals surface area (Å²) >= 11 is 11.2. The Labute approximate surface area is 237 Å². The first-order chi connectivity index (χ1) is 18.4. The molecule has 39 heavy (non-hydrogen) atoms. The van der Waals surface area contributed by atoms with E-state index in [4.69, 9.17) is 23.2 Å². The molecule has 0 amide bonds. The van der Waals surface area contributed by atoms with E-state index in [-0.39, 0.29) is 20.6 Å². The number of halogens is 2. The molecule has 0 unspecified atom stereocenters. The predicted octanol–water partition coefficient (Wildman–Crippen LogP) is 3.63. The molecule has 4 aromatic rings. The van der Waals surface area contributed by atoms with Gasteiger partial charge < -0.3 is 19.2 Å². The number of nitrogens with zero attached hydrogens (tertiary/aromatic N) is 5. The quantitative estimate of drug-likeness (QED) is 0.230. The van der Waals surface area contributed by atoms with Gasteiger partial charge in [-0.2, -0.15) is 0 Å². The van der Waals surface area contributed by atoms with Gasteiger partial charge in [-0.15, -0.1) is 10.2 Å². The van der Waals surface area contributed by atoms with E-state index in [0.29, 0.717) is 51.4 Å². The number of anilines is 2. The fraction of sp³-hybridized carbons (Fsp3) is 0.217. The summed E-state index contributed by atoms with van der Waals surface area (Å²) in [5.74, 6) is 2.39. The highest BCUT2D eigenvalue weighted by Gasteiger charge is 2.32. The van der Waals surface area contributed by atoms with Crippen molar-refractivity contribution in [3.63, 3.8) is 0 Å². The van der Waals surface area contributed by atoms with Crippen molar-refractivity contribution in [2.45, 2.75) is 4.90 Å². The van der Waals surface area contributed by atoms with Crippen LogP contribution in [0.2, 0.25) is 10.0 Å². The fourth-order valence-electron chi connectivity index (χ4n) is 4.24. The van der Waals surface area contributed by atoms with Crippen molar-refractivity contribution in [3.8, 4) is 5.82 Å². The van der Waals surface area contributed by atoms with Gasteiger partial charge >= 0.3 is 7.60 Å². The van der Waals surface area contributed by atoms with E-state index >= 15 is 0 Å². The maximum absolute atomic E-state index is 13.5. The lowest BCUT2D eigenvalue weighted by Crippen LogP contribution is -2.40. The number of hydrogen-bond donors (Lipinski definition) is 2. The van der Waals surface area contributed by atoms with Crippen LogP contribution < -0.4 is 9.21 Å². The Morgan fingerprint density at radius 2 is 1.62 bits per heavy atom. The van der Waals surface area contributed by atoms with E-state index in [1.807, 2.05) is 11.0 Å². The number of fused-ring (bicyclic) bond motifs is 1. The SMILES string of the molecule is O=P(O)(O)CN(c1ccc2c(ccn2-c2ccc(N3CC[S+]([O-])CC3)nn2)c1)S(=O)(=O)c1cc(Cl)cc(Cl)c1. The average Bonchev–Trinajstić information content (AvgIpc) is 3.30. The van der Waals surface area contributed by atoms with Gasteiger partial charge in [0.05, 0.1) is 29.2 Å². The second-order valence-electron chi connectivity index (χ2n) is 8.78. The number of rotatable bonds is 7. The first-order valence-corrected chi connectivity index (χ1v) is 17.0. The molecule has 11 nitrogen and oxygen atoms in total. The first kappa shape index (κ1) is 28.2. The summed E-state index contributed by atoms with van der Waals surface area (Å²) in [5, 5.41) is 9.37. The molecule has 0 saturated carbocycles. The Morgan fingerprint density at radius 1 is 0.974 bits per heavy atom. The summed E-state index contributed by atoms with van der Waals surface area (Å²) in [7, 11) is -9.26. The van der Waals surface area contributed by atoms with E-state index in [9.17, 15) is 27.3 Å². The molecule has 1 aliphatic heterocycles. The summed E-state index contributed by atoms with van der Waals surface area (Å²) < 4.78 is 52.9. The first-order valence-electron chi connectivity index (χ1n) is 11.5. The molecule has 0 spiro atoms. The Hall–Kier alpha value is -2.35. The third-order valence-corrected chi connectivity index (χ3v) is 10.4. The highest BCUT2D eigenvalue weighted by atomic mass is 35.5. The van der Waals surface area contributed by atoms with Gasteiger partial charge in [0.15, 0.2) is 11.6 Å². The zero-order valence-corrected chi connectivity index (χ0v) is 24.1. The molecule has 206 valence electrons. The smallest absolute Gasteiger partial charge is 0.345 e. The standard InChI is InChI=1S/C23H22Cl2N5O6PS2/c24-17-12-18(25)14-20(13-17)39(35,36)30(15-37(31,32)33)19-1-2-21-16(11-19)5-6-29(21)23-4-3-22(26-27-23)28-7-9-38(34)10-8-28/h1-6,11-14H,7-10,15H2,(H2,31,32,33). The molecule has 0 radical (unpaired) electrons. The highest BCUT2D eigenvalue weighted by molar-refractivity contribution is 7.93. The second-order valence-corrected chi connectivity index (χ2v) is 14.8. The van der Waals surface area contributed by atoms with Gasteiger partial charge in [0, 0.05) is 21.6 Å². The number of hydrogen-bond acceptors (Lipinski definition) is 7. The lowest BCUT2D eigenvalue weighted by atomic mass is 10.2. The molecule has 2 N–H and O–H groups in total. The van der Waals surface area contributed by atoms with Crippen LogP contribution in [-0.4, -0.2) is 68.4 Å². The lowest BCUT2D eigenvalue weighted by Gasteiger charge is -2.28. The van der Waals surface area contributed by atoms with Crippen LogP contribution in [0.1, 0.15) is 0 Å². The van der Waals surface area contributed by atoms with Gasteiger partial charge in [-0.1, -0.05) is 34.4 Å².